The summed E-state index contributed by atoms with van der Waals surface area (Å²) in [5.74, 6) is 1.03. The standard InChI is InChI=1S/C8H16.C6H12.C2H6.2H2/c1-8-6-4-2-3-5-7-8;1-2-4-6-5-3-1;1-2;;/h8H,2-7H2,1H3;1-6H2;1-2H3;2*1H. The van der Waals surface area contributed by atoms with E-state index in [1.165, 1.54) is 77.0 Å². The predicted octanol–water partition coefficient (Wildman–Crippen LogP) is 6.84. The second kappa shape index (κ2) is 13.1. The molecule has 0 bridgehead atoms. The first-order valence-corrected chi connectivity index (χ1v) is 7.89. The Hall–Kier alpha value is 0. The Labute approximate surface area is 107 Å². The van der Waals surface area contributed by atoms with Gasteiger partial charge in [-0.3, -0.25) is 0 Å². The van der Waals surface area contributed by atoms with Gasteiger partial charge in [0.05, 0.1) is 0 Å². The second-order valence-electron chi connectivity index (χ2n) is 5.22. The zero-order valence-corrected chi connectivity index (χ0v) is 12.1. The molecule has 0 atom stereocenters. The highest BCUT2D eigenvalue weighted by Gasteiger charge is 2.05. The van der Waals surface area contributed by atoms with Crippen LogP contribution >= 0.6 is 0 Å². The van der Waals surface area contributed by atoms with Crippen LogP contribution in [0, 0.1) is 5.92 Å². The van der Waals surface area contributed by atoms with Gasteiger partial charge in [0, 0.05) is 2.85 Å². The highest BCUT2D eigenvalue weighted by molar-refractivity contribution is 4.58. The van der Waals surface area contributed by atoms with Gasteiger partial charge in [0.2, 0.25) is 0 Å². The largest absolute Gasteiger partial charge is 0.0683 e. The Kier molecular flexibility index (Phi) is 13.1. The molecule has 0 heteroatoms. The van der Waals surface area contributed by atoms with Gasteiger partial charge >= 0.3 is 0 Å². The highest BCUT2D eigenvalue weighted by atomic mass is 14.1. The van der Waals surface area contributed by atoms with Crippen LogP contribution in [0.4, 0.5) is 0 Å². The van der Waals surface area contributed by atoms with Crippen LogP contribution in [0.3, 0.4) is 0 Å². The fourth-order valence-corrected chi connectivity index (χ4v) is 2.54. The summed E-state index contributed by atoms with van der Waals surface area (Å²) in [7, 11) is 0. The maximum Gasteiger partial charge on any atom is 0 e. The van der Waals surface area contributed by atoms with Crippen LogP contribution in [0.15, 0.2) is 0 Å². The molecule has 0 radical (unpaired) electrons. The summed E-state index contributed by atoms with van der Waals surface area (Å²) in [5, 5.41) is 0. The number of hydrogen-bond donors (Lipinski definition) is 0. The minimum Gasteiger partial charge on any atom is -0.0683 e. The summed E-state index contributed by atoms with van der Waals surface area (Å²) in [4.78, 5) is 0. The minimum absolute atomic E-state index is 0. The molecule has 0 nitrogen and oxygen atoms in total. The molecule has 0 saturated heterocycles. The van der Waals surface area contributed by atoms with E-state index in [9.17, 15) is 0 Å². The van der Waals surface area contributed by atoms with Crippen molar-refractivity contribution in [3.05, 3.63) is 0 Å². The van der Waals surface area contributed by atoms with Crippen molar-refractivity contribution in [1.82, 2.24) is 0 Å². The van der Waals surface area contributed by atoms with Crippen molar-refractivity contribution in [1.29, 1.82) is 0 Å². The molecule has 0 spiro atoms. The molecule has 0 aliphatic heterocycles. The molecule has 0 N–H and O–H groups in total. The molecule has 2 rings (SSSR count). The topological polar surface area (TPSA) is 0 Å². The lowest BCUT2D eigenvalue weighted by atomic mass is 10.0. The molecule has 2 saturated carbocycles. The number of hydrogen-bond acceptors (Lipinski definition) is 0. The summed E-state index contributed by atoms with van der Waals surface area (Å²) in [6, 6.07) is 0. The Morgan fingerprint density at radius 1 is 0.562 bits per heavy atom. The van der Waals surface area contributed by atoms with Crippen LogP contribution in [0.5, 0.6) is 0 Å². The van der Waals surface area contributed by atoms with Crippen LogP contribution in [0.2, 0.25) is 0 Å². The lowest BCUT2D eigenvalue weighted by Gasteiger charge is -2.05. The van der Waals surface area contributed by atoms with Crippen LogP contribution in [-0.2, 0) is 0 Å². The van der Waals surface area contributed by atoms with E-state index in [4.69, 9.17) is 0 Å². The minimum atomic E-state index is 0. The molecule has 0 heterocycles. The molecule has 16 heavy (non-hydrogen) atoms. The smallest absolute Gasteiger partial charge is 0 e. The molecule has 102 valence electrons. The first kappa shape index (κ1) is 16.0. The lowest BCUT2D eigenvalue weighted by molar-refractivity contribution is 0.504. The van der Waals surface area contributed by atoms with Gasteiger partial charge in [0.1, 0.15) is 0 Å². The molecule has 0 aromatic carbocycles. The molecular formula is C16H38. The summed E-state index contributed by atoms with van der Waals surface area (Å²) in [6.07, 6.45) is 17.9. The summed E-state index contributed by atoms with van der Waals surface area (Å²) in [6.45, 7) is 6.38. The molecular weight excluding hydrogens is 192 g/mol. The number of rotatable bonds is 0. The molecule has 0 unspecified atom stereocenters. The Morgan fingerprint density at radius 2 is 0.812 bits per heavy atom. The van der Waals surface area contributed by atoms with Crippen molar-refractivity contribution < 1.29 is 2.85 Å². The Morgan fingerprint density at radius 3 is 1.12 bits per heavy atom. The van der Waals surface area contributed by atoms with E-state index in [1.54, 1.807) is 0 Å². The van der Waals surface area contributed by atoms with Gasteiger partial charge in [-0.15, -0.1) is 0 Å². The fraction of sp³-hybridized carbons (Fsp3) is 1.00. The first-order chi connectivity index (χ1) is 7.89. The first-order valence-electron chi connectivity index (χ1n) is 7.89. The van der Waals surface area contributed by atoms with Crippen molar-refractivity contribution in [2.24, 2.45) is 5.92 Å². The maximum atomic E-state index is 2.38. The second-order valence-corrected chi connectivity index (χ2v) is 5.22. The zero-order chi connectivity index (χ0) is 12.1. The third-order valence-electron chi connectivity index (χ3n) is 3.64. The lowest BCUT2D eigenvalue weighted by Crippen LogP contribution is -1.88. The van der Waals surface area contributed by atoms with E-state index in [0.29, 0.717) is 0 Å². The van der Waals surface area contributed by atoms with E-state index in [2.05, 4.69) is 6.92 Å². The molecule has 2 aliphatic rings. The van der Waals surface area contributed by atoms with Crippen molar-refractivity contribution in [3.63, 3.8) is 0 Å². The van der Waals surface area contributed by atoms with Gasteiger partial charge in [-0.1, -0.05) is 97.8 Å². The molecule has 0 aromatic rings. The van der Waals surface area contributed by atoms with Crippen LogP contribution in [0.25, 0.3) is 0 Å². The van der Waals surface area contributed by atoms with E-state index in [-0.39, 0.29) is 2.85 Å². The maximum absolute atomic E-state index is 2.38. The van der Waals surface area contributed by atoms with E-state index in [0.717, 1.165) is 5.92 Å². The van der Waals surface area contributed by atoms with Crippen LogP contribution in [-0.4, -0.2) is 0 Å². The predicted molar refractivity (Wildman–Crippen MR) is 80.1 cm³/mol. The van der Waals surface area contributed by atoms with Crippen molar-refractivity contribution in [2.75, 3.05) is 0 Å². The fourth-order valence-electron chi connectivity index (χ4n) is 2.54. The average molecular weight is 230 g/mol. The van der Waals surface area contributed by atoms with E-state index < -0.39 is 0 Å². The normalized spacial score (nSPS) is 21.9. The Balaban J connectivity index is -0.000000204. The average Bonchev–Trinajstić information content (AvgIpc) is 2.62. The summed E-state index contributed by atoms with van der Waals surface area (Å²) < 4.78 is 0. The van der Waals surface area contributed by atoms with Crippen molar-refractivity contribution >= 4 is 0 Å². The van der Waals surface area contributed by atoms with E-state index in [1.807, 2.05) is 13.8 Å². The molecule has 0 aromatic heterocycles. The van der Waals surface area contributed by atoms with Gasteiger partial charge in [-0.2, -0.15) is 0 Å². The molecule has 2 aliphatic carbocycles. The van der Waals surface area contributed by atoms with Crippen LogP contribution in [0.1, 0.15) is 101 Å². The van der Waals surface area contributed by atoms with Gasteiger partial charge in [0.25, 0.3) is 0 Å². The van der Waals surface area contributed by atoms with Gasteiger partial charge in [0.15, 0.2) is 0 Å². The highest BCUT2D eigenvalue weighted by Crippen LogP contribution is 2.21. The van der Waals surface area contributed by atoms with Gasteiger partial charge in [-0.05, 0) is 5.92 Å². The monoisotopic (exact) mass is 230 g/mol. The van der Waals surface area contributed by atoms with Gasteiger partial charge in [-0.25, -0.2) is 0 Å². The van der Waals surface area contributed by atoms with Crippen molar-refractivity contribution in [2.45, 2.75) is 97.8 Å². The van der Waals surface area contributed by atoms with E-state index >= 15 is 0 Å². The zero-order valence-electron chi connectivity index (χ0n) is 12.1. The molecule has 0 amide bonds. The third kappa shape index (κ3) is 10.5. The Bertz CT molecular complexity index is 103. The summed E-state index contributed by atoms with van der Waals surface area (Å²) >= 11 is 0. The SMILES string of the molecule is C1CCCCC1.CC.CC1CCCCCC1.[HH].[HH]. The van der Waals surface area contributed by atoms with Crippen LogP contribution < -0.4 is 0 Å². The van der Waals surface area contributed by atoms with Crippen molar-refractivity contribution in [3.8, 4) is 0 Å². The third-order valence-corrected chi connectivity index (χ3v) is 3.64. The summed E-state index contributed by atoms with van der Waals surface area (Å²) in [5.41, 5.74) is 0. The van der Waals surface area contributed by atoms with Gasteiger partial charge < -0.3 is 0 Å². The molecule has 2 fully saturated rings. The quantitative estimate of drug-likeness (QED) is 0.400.